The van der Waals surface area contributed by atoms with Gasteiger partial charge in [-0.3, -0.25) is 9.59 Å². The Morgan fingerprint density at radius 2 is 0.627 bits per heavy atom. The number of amides is 1. The number of hydrogen-bond acceptors (Lipinski definition) is 5. The first-order valence-electron chi connectivity index (χ1n) is 34.4. The number of aliphatic hydroxyl groups is 2. The minimum atomic E-state index is -0.666. The molecule has 0 rings (SSSR count). The maximum Gasteiger partial charge on any atom is 0.305 e. The zero-order valence-electron chi connectivity index (χ0n) is 51.1. The van der Waals surface area contributed by atoms with E-state index in [-0.39, 0.29) is 18.5 Å². The first-order valence-corrected chi connectivity index (χ1v) is 34.4. The zero-order chi connectivity index (χ0) is 54.3. The Labute approximate surface area is 469 Å². The molecule has 0 aromatic rings. The van der Waals surface area contributed by atoms with Crippen LogP contribution in [0.15, 0.2) is 12.2 Å². The van der Waals surface area contributed by atoms with Gasteiger partial charge < -0.3 is 20.3 Å². The molecule has 0 bridgehead atoms. The Bertz CT molecular complexity index is 1130. The molecule has 0 fully saturated rings. The van der Waals surface area contributed by atoms with Gasteiger partial charge in [-0.1, -0.05) is 341 Å². The number of nitrogens with one attached hydrogen (secondary N) is 1. The molecule has 446 valence electrons. The topological polar surface area (TPSA) is 95.9 Å². The van der Waals surface area contributed by atoms with Gasteiger partial charge in [0.05, 0.1) is 25.4 Å². The van der Waals surface area contributed by atoms with Gasteiger partial charge in [0.25, 0.3) is 0 Å². The van der Waals surface area contributed by atoms with Crippen LogP contribution in [0.4, 0.5) is 0 Å². The predicted octanol–water partition coefficient (Wildman–Crippen LogP) is 22.0. The maximum absolute atomic E-state index is 12.5. The van der Waals surface area contributed by atoms with Crippen LogP contribution in [0.5, 0.6) is 0 Å². The fourth-order valence-corrected chi connectivity index (χ4v) is 11.1. The van der Waals surface area contributed by atoms with Crippen molar-refractivity contribution in [2.45, 2.75) is 405 Å². The van der Waals surface area contributed by atoms with E-state index in [0.717, 1.165) is 38.5 Å². The largest absolute Gasteiger partial charge is 0.466 e. The molecule has 2 atom stereocenters. The highest BCUT2D eigenvalue weighted by molar-refractivity contribution is 5.76. The molecule has 6 heteroatoms. The third kappa shape index (κ3) is 61.7. The second-order valence-electron chi connectivity index (χ2n) is 23.9. The van der Waals surface area contributed by atoms with Gasteiger partial charge in [-0.15, -0.1) is 0 Å². The number of allylic oxidation sites excluding steroid dienone is 2. The molecule has 0 radical (unpaired) electrons. The van der Waals surface area contributed by atoms with Gasteiger partial charge >= 0.3 is 5.97 Å². The van der Waals surface area contributed by atoms with Crippen LogP contribution < -0.4 is 5.32 Å². The van der Waals surface area contributed by atoms with Crippen molar-refractivity contribution in [1.82, 2.24) is 5.32 Å². The molecule has 0 aromatic carbocycles. The van der Waals surface area contributed by atoms with E-state index >= 15 is 0 Å². The highest BCUT2D eigenvalue weighted by Crippen LogP contribution is 2.19. The second-order valence-corrected chi connectivity index (χ2v) is 23.9. The molecule has 75 heavy (non-hydrogen) atoms. The summed E-state index contributed by atoms with van der Waals surface area (Å²) in [5.74, 6) is -0.0162. The first-order chi connectivity index (χ1) is 37.0. The van der Waals surface area contributed by atoms with Crippen molar-refractivity contribution in [3.05, 3.63) is 12.2 Å². The summed E-state index contributed by atoms with van der Waals surface area (Å²) in [7, 11) is 0. The molecule has 2 unspecified atom stereocenters. The van der Waals surface area contributed by atoms with Crippen molar-refractivity contribution in [2.24, 2.45) is 0 Å². The van der Waals surface area contributed by atoms with Crippen molar-refractivity contribution in [2.75, 3.05) is 13.2 Å². The van der Waals surface area contributed by atoms with Gasteiger partial charge in [0.15, 0.2) is 0 Å². The quantitative estimate of drug-likeness (QED) is 0.0320. The predicted molar refractivity (Wildman–Crippen MR) is 329 cm³/mol. The van der Waals surface area contributed by atoms with Gasteiger partial charge in [-0.2, -0.15) is 0 Å². The fraction of sp³-hybridized carbons (Fsp3) is 0.942. The number of carbonyl (C=O) groups excluding carboxylic acids is 2. The molecule has 6 nitrogen and oxygen atoms in total. The molecule has 0 aliphatic rings. The van der Waals surface area contributed by atoms with E-state index < -0.39 is 12.1 Å². The zero-order valence-corrected chi connectivity index (χ0v) is 51.1. The Kier molecular flexibility index (Phi) is 63.9. The van der Waals surface area contributed by atoms with Crippen LogP contribution in [0.2, 0.25) is 0 Å². The molecule has 0 saturated heterocycles. The molecule has 0 aliphatic carbocycles. The Morgan fingerprint density at radius 3 is 0.947 bits per heavy atom. The maximum atomic E-state index is 12.5. The number of rotatable bonds is 65. The Morgan fingerprint density at radius 1 is 0.360 bits per heavy atom. The number of carbonyl (C=O) groups is 2. The summed E-state index contributed by atoms with van der Waals surface area (Å²) < 4.78 is 5.50. The van der Waals surface area contributed by atoms with Crippen LogP contribution >= 0.6 is 0 Å². The van der Waals surface area contributed by atoms with E-state index in [2.05, 4.69) is 31.3 Å². The van der Waals surface area contributed by atoms with Gasteiger partial charge in [-0.25, -0.2) is 0 Å². The highest BCUT2D eigenvalue weighted by atomic mass is 16.5. The van der Waals surface area contributed by atoms with Crippen LogP contribution in [0.25, 0.3) is 0 Å². The first kappa shape index (κ1) is 73.6. The minimum Gasteiger partial charge on any atom is -0.466 e. The summed E-state index contributed by atoms with van der Waals surface area (Å²) in [6.07, 6.45) is 79.6. The number of unbranched alkanes of at least 4 members (excludes halogenated alkanes) is 52. The molecule has 1 amide bonds. The molecule has 0 saturated carbocycles. The Balaban J connectivity index is 3.37. The van der Waals surface area contributed by atoms with Gasteiger partial charge in [0.2, 0.25) is 5.91 Å². The average molecular weight is 1060 g/mol. The normalized spacial score (nSPS) is 12.5. The van der Waals surface area contributed by atoms with Crippen molar-refractivity contribution in [1.29, 1.82) is 0 Å². The second kappa shape index (κ2) is 65.1. The van der Waals surface area contributed by atoms with E-state index in [9.17, 15) is 19.8 Å². The van der Waals surface area contributed by atoms with Crippen LogP contribution in [-0.2, 0) is 14.3 Å². The molecule has 0 aliphatic heterocycles. The number of aliphatic hydroxyl groups excluding tert-OH is 2. The van der Waals surface area contributed by atoms with Crippen LogP contribution in [0.3, 0.4) is 0 Å². The lowest BCUT2D eigenvalue weighted by Gasteiger charge is -2.22. The van der Waals surface area contributed by atoms with E-state index in [1.54, 1.807) is 0 Å². The van der Waals surface area contributed by atoms with E-state index in [4.69, 9.17) is 4.74 Å². The molecule has 3 N–H and O–H groups in total. The van der Waals surface area contributed by atoms with Crippen molar-refractivity contribution < 1.29 is 24.5 Å². The number of hydrogen-bond donors (Lipinski definition) is 3. The van der Waals surface area contributed by atoms with Crippen LogP contribution in [-0.4, -0.2) is 47.4 Å². The van der Waals surface area contributed by atoms with Gasteiger partial charge in [0, 0.05) is 12.8 Å². The summed E-state index contributed by atoms with van der Waals surface area (Å²) in [5, 5.41) is 23.3. The van der Waals surface area contributed by atoms with E-state index in [1.165, 1.54) is 321 Å². The van der Waals surface area contributed by atoms with Crippen molar-refractivity contribution in [3.63, 3.8) is 0 Å². The lowest BCUT2D eigenvalue weighted by molar-refractivity contribution is -0.143. The fourth-order valence-electron chi connectivity index (χ4n) is 11.1. The lowest BCUT2D eigenvalue weighted by Crippen LogP contribution is -2.45. The summed E-state index contributed by atoms with van der Waals surface area (Å²) in [4.78, 5) is 24.6. The standard InChI is InChI=1S/C69H135NO5/c1-3-5-7-9-11-13-15-17-19-30-35-39-43-47-51-55-59-63-69(74)75-64-60-56-52-48-44-40-36-32-29-27-25-23-21-22-24-26-28-31-34-38-42-46-50-54-58-62-68(73)70-66(65-71)67(72)61-57-53-49-45-41-37-33-20-18-16-14-12-10-8-6-4-2/h22,24,66-67,71-72H,3-21,23,25-65H2,1-2H3,(H,70,73)/b24-22-. The lowest BCUT2D eigenvalue weighted by atomic mass is 10.0. The van der Waals surface area contributed by atoms with Crippen LogP contribution in [0.1, 0.15) is 393 Å². The molecule has 0 spiro atoms. The Hall–Kier alpha value is -1.40. The molecular formula is C69H135NO5. The third-order valence-corrected chi connectivity index (χ3v) is 16.3. The molecular weight excluding hydrogens is 923 g/mol. The van der Waals surface area contributed by atoms with E-state index in [1.807, 2.05) is 0 Å². The van der Waals surface area contributed by atoms with Crippen molar-refractivity contribution in [3.8, 4) is 0 Å². The highest BCUT2D eigenvalue weighted by Gasteiger charge is 2.20. The SMILES string of the molecule is CCCCCCCCCCCCCCCCCCCC(=O)OCCCCCCCCCCCCCC/C=C\CCCCCCCCCCCC(=O)NC(CO)C(O)CCCCCCCCCCCCCCCCCC. The smallest absolute Gasteiger partial charge is 0.305 e. The minimum absolute atomic E-state index is 0.0184. The summed E-state index contributed by atoms with van der Waals surface area (Å²) in [5.41, 5.74) is 0. The third-order valence-electron chi connectivity index (χ3n) is 16.3. The van der Waals surface area contributed by atoms with Crippen LogP contribution in [0, 0.1) is 0 Å². The summed E-state index contributed by atoms with van der Waals surface area (Å²) >= 11 is 0. The van der Waals surface area contributed by atoms with Gasteiger partial charge in [0.1, 0.15) is 0 Å². The molecule has 0 aromatic heterocycles. The monoisotopic (exact) mass is 1060 g/mol. The number of esters is 1. The molecule has 0 heterocycles. The average Bonchev–Trinajstić information content (AvgIpc) is 3.41. The number of ether oxygens (including phenoxy) is 1. The summed E-state index contributed by atoms with van der Waals surface area (Å²) in [6.45, 7) is 4.99. The summed E-state index contributed by atoms with van der Waals surface area (Å²) in [6, 6.07) is -0.543. The van der Waals surface area contributed by atoms with Gasteiger partial charge in [-0.05, 0) is 51.4 Å². The van der Waals surface area contributed by atoms with Crippen molar-refractivity contribution >= 4 is 11.9 Å². The van der Waals surface area contributed by atoms with E-state index in [0.29, 0.717) is 25.9 Å².